The Bertz CT molecular complexity index is 1100. The van der Waals surface area contributed by atoms with Crippen molar-refractivity contribution in [3.8, 4) is 11.6 Å². The minimum Gasteiger partial charge on any atom is -0.439 e. The van der Waals surface area contributed by atoms with Gasteiger partial charge in [0.15, 0.2) is 0 Å². The van der Waals surface area contributed by atoms with Crippen LogP contribution >= 0.6 is 15.9 Å². The third-order valence-corrected chi connectivity index (χ3v) is 6.71. The van der Waals surface area contributed by atoms with Gasteiger partial charge >= 0.3 is 0 Å². The molecule has 0 saturated carbocycles. The average molecular weight is 496 g/mol. The first kappa shape index (κ1) is 21.1. The van der Waals surface area contributed by atoms with E-state index in [1.54, 1.807) is 18.3 Å². The van der Waals surface area contributed by atoms with Crippen molar-refractivity contribution >= 4 is 21.8 Å². The fourth-order valence-electron chi connectivity index (χ4n) is 4.58. The van der Waals surface area contributed by atoms with Gasteiger partial charge in [0.25, 0.3) is 5.91 Å². The highest BCUT2D eigenvalue weighted by atomic mass is 79.9. The predicted octanol–water partition coefficient (Wildman–Crippen LogP) is 4.97. The summed E-state index contributed by atoms with van der Waals surface area (Å²) >= 11 is 3.43. The molecule has 2 aliphatic rings. The lowest BCUT2D eigenvalue weighted by atomic mass is 9.96. The number of nitrogens with zero attached hydrogens (tertiary/aromatic N) is 5. The van der Waals surface area contributed by atoms with Crippen LogP contribution in [0.3, 0.4) is 0 Å². The Kier molecular flexibility index (Phi) is 6.21. The zero-order chi connectivity index (χ0) is 21.9. The summed E-state index contributed by atoms with van der Waals surface area (Å²) in [6.45, 7) is 2.42. The zero-order valence-electron chi connectivity index (χ0n) is 17.9. The van der Waals surface area contributed by atoms with E-state index < -0.39 is 0 Å². The molecule has 4 heterocycles. The van der Waals surface area contributed by atoms with E-state index in [2.05, 4.69) is 35.7 Å². The van der Waals surface area contributed by atoms with E-state index in [-0.39, 0.29) is 11.8 Å². The maximum atomic E-state index is 13.2. The number of carbonyl (C=O) groups is 1. The molecule has 2 aliphatic heterocycles. The summed E-state index contributed by atoms with van der Waals surface area (Å²) in [5.74, 6) is 3.55. The number of hydrogen-bond acceptors (Lipinski definition) is 5. The van der Waals surface area contributed by atoms with Crippen molar-refractivity contribution in [2.24, 2.45) is 0 Å². The molecule has 8 heteroatoms. The highest BCUT2D eigenvalue weighted by molar-refractivity contribution is 9.10. The summed E-state index contributed by atoms with van der Waals surface area (Å²) in [4.78, 5) is 19.4. The number of benzene rings is 1. The summed E-state index contributed by atoms with van der Waals surface area (Å²) in [5.41, 5.74) is 0.576. The number of halogens is 1. The van der Waals surface area contributed by atoms with Crippen LogP contribution in [0.5, 0.6) is 11.6 Å². The molecule has 0 aliphatic carbocycles. The highest BCUT2D eigenvalue weighted by Crippen LogP contribution is 2.29. The molecule has 1 fully saturated rings. The average Bonchev–Trinajstić information content (AvgIpc) is 3.07. The summed E-state index contributed by atoms with van der Waals surface area (Å²) in [7, 11) is 0. The number of fused-ring (bicyclic) bond motifs is 1. The number of rotatable bonds is 4. The van der Waals surface area contributed by atoms with Gasteiger partial charge in [-0.3, -0.25) is 4.79 Å². The van der Waals surface area contributed by atoms with Crippen LogP contribution in [0, 0.1) is 0 Å². The van der Waals surface area contributed by atoms with Gasteiger partial charge < -0.3 is 14.2 Å². The van der Waals surface area contributed by atoms with Crippen LogP contribution in [0.1, 0.15) is 60.0 Å². The van der Waals surface area contributed by atoms with Gasteiger partial charge in [-0.25, -0.2) is 4.98 Å². The van der Waals surface area contributed by atoms with E-state index in [0.717, 1.165) is 48.5 Å². The van der Waals surface area contributed by atoms with Crippen LogP contribution in [0.25, 0.3) is 0 Å². The van der Waals surface area contributed by atoms with Crippen molar-refractivity contribution in [2.45, 2.75) is 51.0 Å². The van der Waals surface area contributed by atoms with Crippen LogP contribution in [0.15, 0.2) is 47.1 Å². The summed E-state index contributed by atoms with van der Waals surface area (Å²) < 4.78 is 9.03. The first-order valence-corrected chi connectivity index (χ1v) is 12.1. The lowest BCUT2D eigenvalue weighted by molar-refractivity contribution is 0.0702. The number of likely N-dealkylation sites (tertiary alicyclic amines) is 1. The van der Waals surface area contributed by atoms with Gasteiger partial charge in [0.2, 0.25) is 5.88 Å². The van der Waals surface area contributed by atoms with E-state index >= 15 is 0 Å². The van der Waals surface area contributed by atoms with Crippen molar-refractivity contribution in [3.63, 3.8) is 0 Å². The van der Waals surface area contributed by atoms with Gasteiger partial charge in [-0.15, -0.1) is 10.2 Å². The van der Waals surface area contributed by atoms with Crippen LogP contribution < -0.4 is 4.74 Å². The molecule has 7 nitrogen and oxygen atoms in total. The number of carbonyl (C=O) groups excluding carboxylic acids is 1. The summed E-state index contributed by atoms with van der Waals surface area (Å²) in [6, 6.07) is 11.1. The Morgan fingerprint density at radius 1 is 1.06 bits per heavy atom. The molecule has 5 rings (SSSR count). The normalized spacial score (nSPS) is 18.7. The van der Waals surface area contributed by atoms with Crippen molar-refractivity contribution in [3.05, 3.63) is 64.3 Å². The third-order valence-electron chi connectivity index (χ3n) is 6.21. The van der Waals surface area contributed by atoms with Crippen molar-refractivity contribution < 1.29 is 9.53 Å². The topological polar surface area (TPSA) is 73.1 Å². The number of pyridine rings is 1. The van der Waals surface area contributed by atoms with Crippen LogP contribution in [-0.2, 0) is 13.0 Å². The van der Waals surface area contributed by atoms with E-state index in [1.165, 1.54) is 19.3 Å². The molecule has 1 saturated heterocycles. The molecule has 0 N–H and O–H groups in total. The van der Waals surface area contributed by atoms with Gasteiger partial charge in [-0.1, -0.05) is 28.4 Å². The molecule has 1 aromatic carbocycles. The Balaban J connectivity index is 1.27. The fraction of sp³-hybridized carbons (Fsp3) is 0.417. The summed E-state index contributed by atoms with van der Waals surface area (Å²) in [5, 5.41) is 8.98. The molecule has 1 unspecified atom stereocenters. The smallest absolute Gasteiger partial charge is 0.255 e. The molecular formula is C24H26BrN5O2. The maximum Gasteiger partial charge on any atom is 0.255 e. The van der Waals surface area contributed by atoms with Crippen molar-refractivity contribution in [1.29, 1.82) is 0 Å². The quantitative estimate of drug-likeness (QED) is 0.510. The largest absolute Gasteiger partial charge is 0.439 e. The second-order valence-electron chi connectivity index (χ2n) is 8.47. The van der Waals surface area contributed by atoms with E-state index in [9.17, 15) is 4.79 Å². The van der Waals surface area contributed by atoms with Crippen LogP contribution in [0.4, 0.5) is 0 Å². The molecule has 2 aromatic heterocycles. The van der Waals surface area contributed by atoms with E-state index in [1.807, 2.05) is 29.2 Å². The zero-order valence-corrected chi connectivity index (χ0v) is 19.5. The van der Waals surface area contributed by atoms with Gasteiger partial charge in [-0.2, -0.15) is 0 Å². The van der Waals surface area contributed by atoms with Gasteiger partial charge in [0.1, 0.15) is 17.4 Å². The van der Waals surface area contributed by atoms with Crippen LogP contribution in [0.2, 0.25) is 0 Å². The first-order valence-electron chi connectivity index (χ1n) is 11.3. The van der Waals surface area contributed by atoms with E-state index in [0.29, 0.717) is 23.7 Å². The third kappa shape index (κ3) is 4.55. The Hall–Kier alpha value is -2.74. The van der Waals surface area contributed by atoms with Crippen LogP contribution in [-0.4, -0.2) is 43.6 Å². The molecule has 166 valence electrons. The van der Waals surface area contributed by atoms with Gasteiger partial charge in [0, 0.05) is 48.7 Å². The molecule has 0 radical (unpaired) electrons. The number of ether oxygens (including phenoxy) is 1. The van der Waals surface area contributed by atoms with Gasteiger partial charge in [-0.05, 0) is 49.9 Å². The number of aryl methyl sites for hydroxylation is 1. The van der Waals surface area contributed by atoms with Gasteiger partial charge in [0.05, 0.1) is 5.56 Å². The predicted molar refractivity (Wildman–Crippen MR) is 124 cm³/mol. The monoisotopic (exact) mass is 495 g/mol. The van der Waals surface area contributed by atoms with Crippen molar-refractivity contribution in [2.75, 3.05) is 13.1 Å². The molecule has 3 aromatic rings. The molecule has 0 spiro atoms. The number of piperidine rings is 1. The number of aromatic nitrogens is 4. The molecule has 0 bridgehead atoms. The van der Waals surface area contributed by atoms with Crippen molar-refractivity contribution in [1.82, 2.24) is 24.6 Å². The maximum absolute atomic E-state index is 13.2. The molecule has 32 heavy (non-hydrogen) atoms. The Morgan fingerprint density at radius 2 is 2.00 bits per heavy atom. The Labute approximate surface area is 195 Å². The Morgan fingerprint density at radius 3 is 2.84 bits per heavy atom. The second kappa shape index (κ2) is 9.40. The minimum absolute atomic E-state index is 0.00631. The SMILES string of the molecule is O=C(c1ccc(Oc2cccc(Br)c2)nc1)N1CCCC(c2nnc3n2CCCCC3)C1. The molecular weight excluding hydrogens is 470 g/mol. The lowest BCUT2D eigenvalue weighted by Crippen LogP contribution is -2.39. The second-order valence-corrected chi connectivity index (χ2v) is 9.39. The summed E-state index contributed by atoms with van der Waals surface area (Å²) in [6.07, 6.45) is 8.21. The first-order chi connectivity index (χ1) is 15.7. The molecule has 1 atom stereocenters. The fourth-order valence-corrected chi connectivity index (χ4v) is 4.96. The minimum atomic E-state index is 0.00631. The highest BCUT2D eigenvalue weighted by Gasteiger charge is 2.30. The lowest BCUT2D eigenvalue weighted by Gasteiger charge is -2.32. The standard InChI is InChI=1S/C24H26BrN5O2/c25-19-7-4-8-20(14-19)32-22-11-10-17(15-26-22)24(31)29-12-5-6-18(16-29)23-28-27-21-9-2-1-3-13-30(21)23/h4,7-8,10-11,14-15,18H,1-3,5-6,9,12-13,16H2. The number of amides is 1. The molecule has 1 amide bonds. The number of hydrogen-bond donors (Lipinski definition) is 0. The van der Waals surface area contributed by atoms with E-state index in [4.69, 9.17) is 4.74 Å².